The summed E-state index contributed by atoms with van der Waals surface area (Å²) in [5.74, 6) is -1.39. The summed E-state index contributed by atoms with van der Waals surface area (Å²) in [6, 6.07) is 28.7. The number of amides is 5. The van der Waals surface area contributed by atoms with Crippen molar-refractivity contribution in [2.75, 3.05) is 26.6 Å². The topological polar surface area (TPSA) is 537 Å². The van der Waals surface area contributed by atoms with Crippen LogP contribution in [0.2, 0.25) is 0 Å². The fraction of sp³-hybridized carbons (Fsp3) is 0.0875. The molecule has 20 aromatic rings. The zero-order chi connectivity index (χ0) is 95.4. The number of benzene rings is 6. The maximum Gasteiger partial charge on any atom is 0.586 e. The minimum atomic E-state index is -3.71. The molecule has 138 heavy (non-hydrogen) atoms. The Morgan fingerprint density at radius 1 is 0.384 bits per heavy atom. The predicted octanol–water partition coefficient (Wildman–Crippen LogP) is 18.3. The molecule has 5 aliphatic rings. The maximum absolute atomic E-state index is 13.1. The van der Waals surface area contributed by atoms with Crippen LogP contribution in [-0.2, 0) is 0 Å². The van der Waals surface area contributed by atoms with Crippen molar-refractivity contribution in [1.82, 2.24) is 94.7 Å². The van der Waals surface area contributed by atoms with Gasteiger partial charge in [-0.05, 0) is 53.5 Å². The van der Waals surface area contributed by atoms with E-state index in [1.807, 2.05) is 47.3 Å². The van der Waals surface area contributed by atoms with Crippen LogP contribution in [0.3, 0.4) is 0 Å². The van der Waals surface area contributed by atoms with Crippen molar-refractivity contribution in [2.24, 2.45) is 0 Å². The normalized spacial score (nSPS) is 14.5. The number of fused-ring (bicyclic) bond motifs is 10. The van der Waals surface area contributed by atoms with E-state index in [4.69, 9.17) is 13.5 Å². The molecule has 58 heteroatoms. The van der Waals surface area contributed by atoms with Crippen LogP contribution in [0.25, 0.3) is 109 Å². The number of thiophene rings is 2. The van der Waals surface area contributed by atoms with Crippen molar-refractivity contribution in [3.63, 3.8) is 0 Å². The minimum Gasteiger partial charge on any atom is -0.443 e. The number of anilines is 5. The third kappa shape index (κ3) is 18.4. The molecule has 0 spiro atoms. The number of nitrogens with one attached hydrogen (secondary N) is 10. The Balaban J connectivity index is 0.000000103. The van der Waals surface area contributed by atoms with E-state index in [0.717, 1.165) is 20.3 Å². The van der Waals surface area contributed by atoms with E-state index in [9.17, 15) is 67.9 Å². The van der Waals surface area contributed by atoms with Crippen molar-refractivity contribution in [3.05, 3.63) is 194 Å². The van der Waals surface area contributed by atoms with Gasteiger partial charge in [0.25, 0.3) is 29.5 Å². The van der Waals surface area contributed by atoms with E-state index in [-0.39, 0.29) is 110 Å². The number of carbonyl (C=O) groups excluding carboxylic acids is 5. The molecule has 25 rings (SSSR count). The van der Waals surface area contributed by atoms with E-state index >= 15 is 0 Å². The smallest absolute Gasteiger partial charge is 0.443 e. The highest BCUT2D eigenvalue weighted by atomic mass is 32.1. The van der Waals surface area contributed by atoms with Gasteiger partial charge in [0.2, 0.25) is 47.3 Å². The molecule has 10 N–H and O–H groups in total. The molecule has 0 aliphatic carbocycles. The average Bonchev–Trinajstić information content (AvgIpc) is 1.64. The second-order valence-corrected chi connectivity index (χ2v) is 33.6. The van der Waals surface area contributed by atoms with Gasteiger partial charge in [0.1, 0.15) is 38.2 Å². The number of aryl methyl sites for hydroxylation is 2. The summed E-state index contributed by atoms with van der Waals surface area (Å²) >= 11 is 8.14. The van der Waals surface area contributed by atoms with E-state index in [2.05, 4.69) is 169 Å². The first-order chi connectivity index (χ1) is 66.1. The Morgan fingerprint density at radius 3 is 1.19 bits per heavy atom. The Bertz CT molecular complexity index is 7530. The molecule has 0 radical (unpaired) electrons. The van der Waals surface area contributed by atoms with Gasteiger partial charge in [0, 0.05) is 101 Å². The monoisotopic (exact) mass is 2010 g/mol. The van der Waals surface area contributed by atoms with Crippen molar-refractivity contribution in [1.29, 1.82) is 0 Å². The molecule has 0 saturated heterocycles. The van der Waals surface area contributed by atoms with Gasteiger partial charge in [-0.25, -0.2) is 44.9 Å². The molecule has 5 aliphatic heterocycles. The number of ether oxygens (including phenoxy) is 10. The average molecular weight is 2010 g/mol. The number of hydrogen-bond acceptors (Lipinski definition) is 38. The van der Waals surface area contributed by atoms with Gasteiger partial charge in [-0.1, -0.05) is 39.1 Å². The summed E-state index contributed by atoms with van der Waals surface area (Å²) in [5, 5.41) is 34.5. The minimum absolute atomic E-state index is 0.0765. The van der Waals surface area contributed by atoms with Crippen molar-refractivity contribution >= 4 is 183 Å². The fourth-order valence-electron chi connectivity index (χ4n) is 13.2. The lowest BCUT2D eigenvalue weighted by molar-refractivity contribution is -0.287. The number of nitrogens with zero attached hydrogens (tertiary/aromatic N) is 14. The summed E-state index contributed by atoms with van der Waals surface area (Å²) in [6.07, 6.45) is -17.3. The SMILES string of the molecule is Cc1nc(-c2cccc(C(=O)Nc3nc4cc5c(cc4[nH]3)OC(F)(F)O5)c2)no1.Cc1nnsc1-c1nc(C(=O)Nc2nc3cc4c(cc3[nH]2)OC(F)(F)O4)cs1.O=C(Nc1nc2cc3c(cc2[nH]1)OC(F)(F)O3)c1cc(-c2cccs2)on1.O=C(Nc1nc2cc3c(cc2[nH]1)OC(F)(F)O3)c1coc(-c2cccs2)n1.O=C(Nc1nc2cc3c(cc2[nH]1)OC(F)(F)O3)c1csc(-c2cscn2)n1. The summed E-state index contributed by atoms with van der Waals surface area (Å²) in [6.45, 7) is 3.48. The first-order valence-corrected chi connectivity index (χ1v) is 43.9. The highest BCUT2D eigenvalue weighted by Crippen LogP contribution is 2.49. The maximum atomic E-state index is 13.1. The second-order valence-electron chi connectivity index (χ2n) is 28.5. The number of halogens is 10. The standard InChI is InChI=1S/C18H11F2N5O4.2C16H8F2N4O4S.C15H8F2N6O3S2.C15H7F2N5O3S2/c1-8-21-15(25-29-8)9-3-2-4-10(5-9)16(26)24-17-22-11-6-13-14(7-12(11)23-17)28-18(19,20)27-13;17-16(18)24-10-4-7-8(5-11(10)25-16)20-15(19-7)21-14(23)9-6-12(26-22-9)13-2-1-3-27-13;17-16(18)25-10-4-7-8(5-11(10)26-16)21-15(20-7)22-13(23)9-6-24-14(19-9)12-2-1-3-27-12;1-5-11(28-23-22-5)13-18-8(4-27-13)12(24)21-14-19-6-2-9-10(3-7(6)20-14)26-15(16,17)25-9;16-15(17)24-10-1-6-7(2-11(10)25-15)21-14(20-6)22-12(23)8-4-27-13(19-8)9-3-26-5-18-9/h2-7H,1H3,(H2,22,23,24,26);1-6H,(H2,19,20,21,23);1-6H,(H2,20,21,22,23);2-4H,1H3,(H2,19,20,21,24);1-5H,(H2,20,21,22,23). The summed E-state index contributed by atoms with van der Waals surface area (Å²) in [5.41, 5.74) is 8.33. The van der Waals surface area contributed by atoms with Crippen LogP contribution in [-0.4, -0.2) is 156 Å². The molecule has 0 fully saturated rings. The Hall–Kier alpha value is -17.3. The molecular formula is C80H42F10N24O18S6. The van der Waals surface area contributed by atoms with Gasteiger partial charge in [-0.2, -0.15) is 4.98 Å². The summed E-state index contributed by atoms with van der Waals surface area (Å²) in [7, 11) is 0. The van der Waals surface area contributed by atoms with Crippen LogP contribution < -0.4 is 74.0 Å². The highest BCUT2D eigenvalue weighted by Gasteiger charge is 2.48. The number of aromatic nitrogens is 19. The molecule has 0 bridgehead atoms. The van der Waals surface area contributed by atoms with Crippen LogP contribution in [0, 0.1) is 13.8 Å². The molecule has 696 valence electrons. The summed E-state index contributed by atoms with van der Waals surface area (Å²) in [4.78, 5) is 120. The Labute approximate surface area is 778 Å². The highest BCUT2D eigenvalue weighted by molar-refractivity contribution is 7.18. The number of carbonyl (C=O) groups is 5. The van der Waals surface area contributed by atoms with Crippen LogP contribution in [0.1, 0.15) is 63.9 Å². The van der Waals surface area contributed by atoms with E-state index in [0.29, 0.717) is 105 Å². The van der Waals surface area contributed by atoms with Crippen LogP contribution >= 0.6 is 68.2 Å². The molecule has 14 aromatic heterocycles. The third-order valence-corrected chi connectivity index (χ3v) is 24.1. The quantitative estimate of drug-likeness (QED) is 0.0426. The zero-order valence-electron chi connectivity index (χ0n) is 67.8. The van der Waals surface area contributed by atoms with Gasteiger partial charge in [-0.15, -0.1) is 106 Å². The molecule has 0 atom stereocenters. The molecular weight excluding hydrogens is 1970 g/mol. The zero-order valence-corrected chi connectivity index (χ0v) is 72.7. The molecule has 0 unspecified atom stereocenters. The van der Waals surface area contributed by atoms with Crippen molar-refractivity contribution in [3.8, 4) is 111 Å². The Kier molecular flexibility index (Phi) is 21.5. The van der Waals surface area contributed by atoms with Crippen molar-refractivity contribution < 1.29 is 129 Å². The van der Waals surface area contributed by atoms with Gasteiger partial charge in [0.05, 0.1) is 76.1 Å². The number of imidazole rings is 5. The fourth-order valence-corrected chi connectivity index (χ4v) is 17.5. The number of hydrogen-bond donors (Lipinski definition) is 10. The molecule has 0 saturated carbocycles. The molecule has 5 amide bonds. The first kappa shape index (κ1) is 87.4. The largest absolute Gasteiger partial charge is 0.586 e. The van der Waals surface area contributed by atoms with Crippen LogP contribution in [0.4, 0.5) is 73.6 Å². The number of oxazole rings is 1. The van der Waals surface area contributed by atoms with E-state index in [1.54, 1.807) is 47.5 Å². The number of thiazole rings is 3. The van der Waals surface area contributed by atoms with Gasteiger partial charge < -0.3 is 85.8 Å². The van der Waals surface area contributed by atoms with E-state index in [1.165, 1.54) is 141 Å². The lowest BCUT2D eigenvalue weighted by Crippen LogP contribution is -2.25. The van der Waals surface area contributed by atoms with Crippen LogP contribution in [0.5, 0.6) is 57.5 Å². The molecule has 6 aromatic carbocycles. The van der Waals surface area contributed by atoms with Crippen molar-refractivity contribution in [2.45, 2.75) is 45.3 Å². The first-order valence-electron chi connectivity index (χ1n) is 38.7. The second kappa shape index (κ2) is 34.0. The number of rotatable bonds is 15. The number of aromatic amines is 5. The number of alkyl halides is 10. The van der Waals surface area contributed by atoms with E-state index < -0.39 is 61.0 Å². The predicted molar refractivity (Wildman–Crippen MR) is 464 cm³/mol. The van der Waals surface area contributed by atoms with Gasteiger partial charge >= 0.3 is 31.5 Å². The molecule has 19 heterocycles. The van der Waals surface area contributed by atoms with Gasteiger partial charge in [0.15, 0.2) is 74.6 Å². The van der Waals surface area contributed by atoms with Crippen LogP contribution in [0.15, 0.2) is 167 Å². The number of H-pyrrole nitrogens is 5. The van der Waals surface area contributed by atoms with Gasteiger partial charge in [-0.3, -0.25) is 50.6 Å². The molecule has 42 nitrogen and oxygen atoms in total. The third-order valence-electron chi connectivity index (χ3n) is 19.0. The lowest BCUT2D eigenvalue weighted by atomic mass is 10.1. The Morgan fingerprint density at radius 2 is 0.790 bits per heavy atom. The lowest BCUT2D eigenvalue weighted by Gasteiger charge is -2.04. The summed E-state index contributed by atoms with van der Waals surface area (Å²) < 4.78 is 194.